The van der Waals surface area contributed by atoms with Gasteiger partial charge in [-0.15, -0.1) is 0 Å². The van der Waals surface area contributed by atoms with Gasteiger partial charge in [0.2, 0.25) is 0 Å². The molecule has 1 atom stereocenters. The van der Waals surface area contributed by atoms with Crippen LogP contribution in [0.1, 0.15) is 30.0 Å². The van der Waals surface area contributed by atoms with Gasteiger partial charge in [-0.25, -0.2) is 4.98 Å². The maximum absolute atomic E-state index is 9.60. The molecule has 0 spiro atoms. The van der Waals surface area contributed by atoms with Gasteiger partial charge in [-0.1, -0.05) is 6.07 Å². The number of anilines is 1. The Morgan fingerprint density at radius 3 is 3.05 bits per heavy atom. The van der Waals surface area contributed by atoms with Gasteiger partial charge in [-0.3, -0.25) is 9.58 Å². The number of nitrogen functional groups attached to an aromatic ring is 1. The van der Waals surface area contributed by atoms with Gasteiger partial charge in [0.25, 0.3) is 0 Å². The lowest BCUT2D eigenvalue weighted by molar-refractivity contribution is 0.189. The first-order chi connectivity index (χ1) is 9.63. The number of rotatable bonds is 3. The van der Waals surface area contributed by atoms with E-state index in [0.717, 1.165) is 43.1 Å². The zero-order valence-corrected chi connectivity index (χ0v) is 11.5. The van der Waals surface area contributed by atoms with Gasteiger partial charge in [0, 0.05) is 31.4 Å². The molecular weight excluding hydrogens is 254 g/mol. The summed E-state index contributed by atoms with van der Waals surface area (Å²) >= 11 is 0. The quantitative estimate of drug-likeness (QED) is 0.869. The second kappa shape index (κ2) is 5.22. The highest BCUT2D eigenvalue weighted by Crippen LogP contribution is 2.20. The highest BCUT2D eigenvalue weighted by molar-refractivity contribution is 5.38. The van der Waals surface area contributed by atoms with Gasteiger partial charge < -0.3 is 10.8 Å². The lowest BCUT2D eigenvalue weighted by Crippen LogP contribution is -2.33. The van der Waals surface area contributed by atoms with Crippen molar-refractivity contribution < 1.29 is 5.11 Å². The molecule has 0 bridgehead atoms. The molecule has 0 saturated carbocycles. The van der Waals surface area contributed by atoms with Crippen molar-refractivity contribution in [2.75, 3.05) is 12.3 Å². The minimum absolute atomic E-state index is 0.518. The summed E-state index contributed by atoms with van der Waals surface area (Å²) in [5, 5.41) is 14.0. The van der Waals surface area contributed by atoms with E-state index in [4.69, 9.17) is 5.73 Å². The maximum Gasteiger partial charge on any atom is 0.127 e. The van der Waals surface area contributed by atoms with Gasteiger partial charge >= 0.3 is 0 Å². The van der Waals surface area contributed by atoms with Gasteiger partial charge in [-0.2, -0.15) is 5.10 Å². The molecule has 6 nitrogen and oxygen atoms in total. The summed E-state index contributed by atoms with van der Waals surface area (Å²) in [6.07, 6.45) is 1.19. The predicted octanol–water partition coefficient (Wildman–Crippen LogP) is 0.929. The molecule has 2 aromatic rings. The number of nitrogens with zero attached hydrogens (tertiary/aromatic N) is 4. The molecular formula is C14H19N5O. The van der Waals surface area contributed by atoms with Crippen molar-refractivity contribution in [3.05, 3.63) is 41.3 Å². The van der Waals surface area contributed by atoms with Gasteiger partial charge in [0.05, 0.1) is 24.0 Å². The Labute approximate surface area is 117 Å². The third-order valence-corrected chi connectivity index (χ3v) is 3.64. The van der Waals surface area contributed by atoms with E-state index in [2.05, 4.69) is 15.0 Å². The Morgan fingerprint density at radius 1 is 1.45 bits per heavy atom. The highest BCUT2D eigenvalue weighted by Gasteiger charge is 2.20. The van der Waals surface area contributed by atoms with E-state index in [9.17, 15) is 5.11 Å². The van der Waals surface area contributed by atoms with Crippen molar-refractivity contribution in [1.82, 2.24) is 19.7 Å². The topological polar surface area (TPSA) is 80.2 Å². The number of aliphatic hydroxyl groups is 1. The van der Waals surface area contributed by atoms with Crippen LogP contribution in [-0.4, -0.2) is 31.3 Å². The number of hydrogen-bond donors (Lipinski definition) is 2. The Kier molecular flexibility index (Phi) is 3.42. The second-order valence-corrected chi connectivity index (χ2v) is 5.22. The van der Waals surface area contributed by atoms with Crippen LogP contribution in [-0.2, 0) is 19.6 Å². The zero-order valence-electron chi connectivity index (χ0n) is 11.5. The van der Waals surface area contributed by atoms with Crippen LogP contribution in [0.3, 0.4) is 0 Å². The molecule has 2 aromatic heterocycles. The van der Waals surface area contributed by atoms with Crippen LogP contribution in [0.5, 0.6) is 0 Å². The summed E-state index contributed by atoms with van der Waals surface area (Å²) in [6, 6.07) is 5.89. The van der Waals surface area contributed by atoms with E-state index >= 15 is 0 Å². The molecule has 20 heavy (non-hydrogen) atoms. The Morgan fingerprint density at radius 2 is 2.30 bits per heavy atom. The largest absolute Gasteiger partial charge is 0.387 e. The molecule has 0 aliphatic carbocycles. The van der Waals surface area contributed by atoms with Crippen molar-refractivity contribution in [2.24, 2.45) is 0 Å². The smallest absolute Gasteiger partial charge is 0.127 e. The van der Waals surface area contributed by atoms with Crippen LogP contribution in [0, 0.1) is 0 Å². The standard InChI is InChI=1S/C14H19N5O/c1-10(20)13-7-12-9-18(5-6-19(12)17-13)8-11-3-2-4-16-14(11)15/h2-4,7,10,20H,5-6,8-9H2,1H3,(H2,15,16). The summed E-state index contributed by atoms with van der Waals surface area (Å²) in [7, 11) is 0. The van der Waals surface area contributed by atoms with Crippen molar-refractivity contribution in [3.63, 3.8) is 0 Å². The maximum atomic E-state index is 9.60. The number of fused-ring (bicyclic) bond motifs is 1. The zero-order chi connectivity index (χ0) is 14.1. The van der Waals surface area contributed by atoms with E-state index in [1.807, 2.05) is 22.9 Å². The van der Waals surface area contributed by atoms with Crippen molar-refractivity contribution >= 4 is 5.82 Å². The average Bonchev–Trinajstić information content (AvgIpc) is 2.85. The normalized spacial score (nSPS) is 16.9. The van der Waals surface area contributed by atoms with Gasteiger partial charge in [-0.05, 0) is 19.1 Å². The summed E-state index contributed by atoms with van der Waals surface area (Å²) in [5.74, 6) is 0.594. The molecule has 3 N–H and O–H groups in total. The minimum atomic E-state index is -0.518. The molecule has 6 heteroatoms. The van der Waals surface area contributed by atoms with E-state index in [-0.39, 0.29) is 0 Å². The molecule has 3 rings (SSSR count). The first kappa shape index (κ1) is 13.1. The fourth-order valence-electron chi connectivity index (χ4n) is 2.51. The number of aliphatic hydroxyl groups excluding tert-OH is 1. The average molecular weight is 273 g/mol. The fraction of sp³-hybridized carbons (Fsp3) is 0.429. The molecule has 1 aliphatic rings. The van der Waals surface area contributed by atoms with E-state index in [0.29, 0.717) is 5.82 Å². The summed E-state index contributed by atoms with van der Waals surface area (Å²) in [4.78, 5) is 6.43. The first-order valence-corrected chi connectivity index (χ1v) is 6.80. The lowest BCUT2D eigenvalue weighted by atomic mass is 10.2. The van der Waals surface area contributed by atoms with Crippen molar-refractivity contribution in [2.45, 2.75) is 32.7 Å². The SMILES string of the molecule is CC(O)c1cc2n(n1)CCN(Cc1cccnc1N)C2. The molecule has 106 valence electrons. The number of nitrogens with two attached hydrogens (primary N) is 1. The summed E-state index contributed by atoms with van der Waals surface area (Å²) < 4.78 is 1.98. The molecule has 0 saturated heterocycles. The molecule has 0 radical (unpaired) electrons. The summed E-state index contributed by atoms with van der Waals surface area (Å²) in [5.41, 5.74) is 8.81. The molecule has 0 fully saturated rings. The first-order valence-electron chi connectivity index (χ1n) is 6.80. The Balaban J connectivity index is 1.74. The summed E-state index contributed by atoms with van der Waals surface area (Å²) in [6.45, 7) is 5.09. The monoisotopic (exact) mass is 273 g/mol. The number of hydrogen-bond acceptors (Lipinski definition) is 5. The van der Waals surface area contributed by atoms with Crippen LogP contribution in [0.25, 0.3) is 0 Å². The van der Waals surface area contributed by atoms with Gasteiger partial charge in [0.1, 0.15) is 5.82 Å². The van der Waals surface area contributed by atoms with Gasteiger partial charge in [0.15, 0.2) is 0 Å². The van der Waals surface area contributed by atoms with E-state index < -0.39 is 6.10 Å². The van der Waals surface area contributed by atoms with Crippen molar-refractivity contribution in [3.8, 4) is 0 Å². The van der Waals surface area contributed by atoms with Crippen LogP contribution < -0.4 is 5.73 Å². The second-order valence-electron chi connectivity index (χ2n) is 5.22. The third-order valence-electron chi connectivity index (χ3n) is 3.64. The minimum Gasteiger partial charge on any atom is -0.387 e. The Bertz CT molecular complexity index is 607. The molecule has 0 amide bonds. The highest BCUT2D eigenvalue weighted by atomic mass is 16.3. The van der Waals surface area contributed by atoms with E-state index in [1.165, 1.54) is 0 Å². The predicted molar refractivity (Wildman–Crippen MR) is 75.6 cm³/mol. The van der Waals surface area contributed by atoms with E-state index in [1.54, 1.807) is 13.1 Å². The van der Waals surface area contributed by atoms with Crippen LogP contribution >= 0.6 is 0 Å². The number of aromatic nitrogens is 3. The Hall–Kier alpha value is -1.92. The third kappa shape index (κ3) is 2.52. The van der Waals surface area contributed by atoms with Crippen molar-refractivity contribution in [1.29, 1.82) is 0 Å². The van der Waals surface area contributed by atoms with Crippen LogP contribution in [0.2, 0.25) is 0 Å². The van der Waals surface area contributed by atoms with Crippen LogP contribution in [0.15, 0.2) is 24.4 Å². The molecule has 3 heterocycles. The lowest BCUT2D eigenvalue weighted by Gasteiger charge is -2.27. The molecule has 1 unspecified atom stereocenters. The molecule has 1 aliphatic heterocycles. The van der Waals surface area contributed by atoms with Crippen LogP contribution in [0.4, 0.5) is 5.82 Å². The fourth-order valence-corrected chi connectivity index (χ4v) is 2.51. The molecule has 0 aromatic carbocycles. The number of pyridine rings is 1.